The molecule has 1 saturated carbocycles. The largest absolute Gasteiger partial charge is 0.329 e. The number of hydrogen-bond acceptors (Lipinski definition) is 3. The standard InChI is InChI=1S/C15H24N2O2S/c1-12-7-8-15(13(2)11-12)20(18,19)17(10-9-16)14-5-3-4-6-14/h7-8,11,14H,3-6,9-10,16H2,1-2H3. The molecule has 5 heteroatoms. The summed E-state index contributed by atoms with van der Waals surface area (Å²) in [4.78, 5) is 0.420. The van der Waals surface area contributed by atoms with Crippen molar-refractivity contribution in [3.05, 3.63) is 29.3 Å². The van der Waals surface area contributed by atoms with E-state index >= 15 is 0 Å². The van der Waals surface area contributed by atoms with Gasteiger partial charge in [0.2, 0.25) is 10.0 Å². The smallest absolute Gasteiger partial charge is 0.243 e. The molecule has 0 saturated heterocycles. The first-order chi connectivity index (χ1) is 9.46. The number of benzene rings is 1. The molecule has 0 aliphatic heterocycles. The molecule has 0 radical (unpaired) electrons. The molecular weight excluding hydrogens is 272 g/mol. The number of nitrogens with two attached hydrogens (primary N) is 1. The monoisotopic (exact) mass is 296 g/mol. The van der Waals surface area contributed by atoms with Gasteiger partial charge < -0.3 is 5.73 Å². The van der Waals surface area contributed by atoms with Gasteiger partial charge in [0.05, 0.1) is 4.90 Å². The van der Waals surface area contributed by atoms with E-state index in [0.717, 1.165) is 36.8 Å². The van der Waals surface area contributed by atoms with Crippen molar-refractivity contribution in [3.8, 4) is 0 Å². The van der Waals surface area contributed by atoms with Crippen LogP contribution < -0.4 is 5.73 Å². The number of hydrogen-bond donors (Lipinski definition) is 1. The molecule has 1 aromatic carbocycles. The Hall–Kier alpha value is -0.910. The van der Waals surface area contributed by atoms with E-state index in [1.165, 1.54) is 0 Å². The molecule has 0 bridgehead atoms. The fourth-order valence-electron chi connectivity index (χ4n) is 3.03. The normalized spacial score (nSPS) is 17.0. The molecule has 1 aliphatic carbocycles. The lowest BCUT2D eigenvalue weighted by Gasteiger charge is -2.28. The van der Waals surface area contributed by atoms with E-state index < -0.39 is 10.0 Å². The second kappa shape index (κ2) is 6.24. The maximum Gasteiger partial charge on any atom is 0.243 e. The summed E-state index contributed by atoms with van der Waals surface area (Å²) >= 11 is 0. The highest BCUT2D eigenvalue weighted by atomic mass is 32.2. The second-order valence-corrected chi connectivity index (χ2v) is 7.47. The average molecular weight is 296 g/mol. The Balaban J connectivity index is 2.39. The zero-order valence-electron chi connectivity index (χ0n) is 12.3. The van der Waals surface area contributed by atoms with Gasteiger partial charge in [0.1, 0.15) is 0 Å². The van der Waals surface area contributed by atoms with Crippen molar-refractivity contribution < 1.29 is 8.42 Å². The molecule has 0 atom stereocenters. The van der Waals surface area contributed by atoms with Crippen LogP contribution >= 0.6 is 0 Å². The first-order valence-electron chi connectivity index (χ1n) is 7.26. The van der Waals surface area contributed by atoms with Crippen molar-refractivity contribution in [2.75, 3.05) is 13.1 Å². The van der Waals surface area contributed by atoms with Gasteiger partial charge in [-0.1, -0.05) is 30.5 Å². The molecule has 0 aromatic heterocycles. The summed E-state index contributed by atoms with van der Waals surface area (Å²) in [7, 11) is -3.44. The van der Waals surface area contributed by atoms with Gasteiger partial charge in [-0.15, -0.1) is 0 Å². The maximum atomic E-state index is 12.9. The Labute approximate surface area is 122 Å². The van der Waals surface area contributed by atoms with Crippen LogP contribution in [0.1, 0.15) is 36.8 Å². The van der Waals surface area contributed by atoms with Crippen LogP contribution in [-0.4, -0.2) is 31.9 Å². The van der Waals surface area contributed by atoms with Gasteiger partial charge in [0, 0.05) is 19.1 Å². The summed E-state index contributed by atoms with van der Waals surface area (Å²) in [5.74, 6) is 0. The Kier molecular flexibility index (Phi) is 4.83. The molecule has 0 spiro atoms. The van der Waals surface area contributed by atoms with Gasteiger partial charge in [-0.3, -0.25) is 0 Å². The molecule has 20 heavy (non-hydrogen) atoms. The van der Waals surface area contributed by atoms with Gasteiger partial charge in [-0.2, -0.15) is 4.31 Å². The lowest BCUT2D eigenvalue weighted by Crippen LogP contribution is -2.42. The predicted octanol–water partition coefficient (Wildman–Crippen LogP) is 2.20. The lowest BCUT2D eigenvalue weighted by atomic mass is 10.2. The molecule has 0 heterocycles. The third-order valence-corrected chi connectivity index (χ3v) is 6.11. The Morgan fingerprint density at radius 2 is 1.90 bits per heavy atom. The van der Waals surface area contributed by atoms with E-state index in [0.29, 0.717) is 18.0 Å². The van der Waals surface area contributed by atoms with Gasteiger partial charge in [0.15, 0.2) is 0 Å². The number of rotatable bonds is 5. The summed E-state index contributed by atoms with van der Waals surface area (Å²) in [6.07, 6.45) is 4.11. The third-order valence-electron chi connectivity index (χ3n) is 4.00. The summed E-state index contributed by atoms with van der Waals surface area (Å²) in [6, 6.07) is 5.61. The fraction of sp³-hybridized carbons (Fsp3) is 0.600. The lowest BCUT2D eigenvalue weighted by molar-refractivity contribution is 0.328. The van der Waals surface area contributed by atoms with Crippen molar-refractivity contribution in [1.29, 1.82) is 0 Å². The van der Waals surface area contributed by atoms with Crippen LogP contribution in [0.4, 0.5) is 0 Å². The van der Waals surface area contributed by atoms with Crippen LogP contribution in [0.5, 0.6) is 0 Å². The van der Waals surface area contributed by atoms with E-state index in [9.17, 15) is 8.42 Å². The minimum Gasteiger partial charge on any atom is -0.329 e. The Morgan fingerprint density at radius 3 is 2.45 bits per heavy atom. The van der Waals surface area contributed by atoms with Crippen LogP contribution in [0.15, 0.2) is 23.1 Å². The number of aryl methyl sites for hydroxylation is 2. The van der Waals surface area contributed by atoms with E-state index in [1.54, 1.807) is 10.4 Å². The molecule has 0 amide bonds. The average Bonchev–Trinajstić information content (AvgIpc) is 2.88. The zero-order valence-corrected chi connectivity index (χ0v) is 13.1. The van der Waals surface area contributed by atoms with Crippen molar-refractivity contribution in [1.82, 2.24) is 4.31 Å². The molecule has 1 fully saturated rings. The van der Waals surface area contributed by atoms with Crippen LogP contribution in [0.25, 0.3) is 0 Å². The first-order valence-corrected chi connectivity index (χ1v) is 8.70. The quantitative estimate of drug-likeness (QED) is 0.906. The van der Waals surface area contributed by atoms with Gasteiger partial charge in [0.25, 0.3) is 0 Å². The fourth-order valence-corrected chi connectivity index (χ4v) is 4.94. The molecule has 2 N–H and O–H groups in total. The van der Waals surface area contributed by atoms with E-state index in [2.05, 4.69) is 0 Å². The number of nitrogens with zero attached hydrogens (tertiary/aromatic N) is 1. The highest BCUT2D eigenvalue weighted by Crippen LogP contribution is 2.29. The first kappa shape index (κ1) is 15.5. The van der Waals surface area contributed by atoms with Crippen LogP contribution in [-0.2, 0) is 10.0 Å². The highest BCUT2D eigenvalue weighted by Gasteiger charge is 2.33. The van der Waals surface area contributed by atoms with E-state index in [4.69, 9.17) is 5.73 Å². The summed E-state index contributed by atoms with van der Waals surface area (Å²) < 4.78 is 27.4. The third kappa shape index (κ3) is 3.05. The molecular formula is C15H24N2O2S. The van der Waals surface area contributed by atoms with E-state index in [1.807, 2.05) is 26.0 Å². The van der Waals surface area contributed by atoms with Crippen molar-refractivity contribution >= 4 is 10.0 Å². The highest BCUT2D eigenvalue weighted by molar-refractivity contribution is 7.89. The SMILES string of the molecule is Cc1ccc(S(=O)(=O)N(CCN)C2CCCC2)c(C)c1. The molecule has 1 aliphatic rings. The number of sulfonamides is 1. The summed E-state index contributed by atoms with van der Waals surface area (Å²) in [5.41, 5.74) is 7.51. The molecule has 112 valence electrons. The van der Waals surface area contributed by atoms with E-state index in [-0.39, 0.29) is 6.04 Å². The molecule has 4 nitrogen and oxygen atoms in total. The van der Waals surface area contributed by atoms with Crippen molar-refractivity contribution in [3.63, 3.8) is 0 Å². The van der Waals surface area contributed by atoms with Crippen molar-refractivity contribution in [2.24, 2.45) is 5.73 Å². The summed E-state index contributed by atoms with van der Waals surface area (Å²) in [6.45, 7) is 4.59. The Bertz CT molecular complexity index is 563. The van der Waals surface area contributed by atoms with Crippen molar-refractivity contribution in [2.45, 2.75) is 50.5 Å². The van der Waals surface area contributed by atoms with Crippen LogP contribution in [0, 0.1) is 13.8 Å². The van der Waals surface area contributed by atoms with Crippen LogP contribution in [0.2, 0.25) is 0 Å². The topological polar surface area (TPSA) is 63.4 Å². The summed E-state index contributed by atoms with van der Waals surface area (Å²) in [5, 5.41) is 0. The molecule has 0 unspecified atom stereocenters. The van der Waals surface area contributed by atoms with Crippen LogP contribution in [0.3, 0.4) is 0 Å². The maximum absolute atomic E-state index is 12.9. The van der Waals surface area contributed by atoms with Gasteiger partial charge in [-0.25, -0.2) is 8.42 Å². The predicted molar refractivity (Wildman–Crippen MR) is 81.1 cm³/mol. The second-order valence-electron chi connectivity index (χ2n) is 5.61. The zero-order chi connectivity index (χ0) is 14.8. The van der Waals surface area contributed by atoms with Gasteiger partial charge in [-0.05, 0) is 38.3 Å². The minimum absolute atomic E-state index is 0.115. The molecule has 2 rings (SSSR count). The minimum atomic E-state index is -3.44. The Morgan fingerprint density at radius 1 is 1.25 bits per heavy atom. The molecule has 1 aromatic rings. The van der Waals surface area contributed by atoms with Gasteiger partial charge >= 0.3 is 0 Å².